The molecule has 0 aliphatic carbocycles. The molecule has 3 aliphatic heterocycles. The van der Waals surface area contributed by atoms with E-state index in [1.165, 1.54) is 26.2 Å². The van der Waals surface area contributed by atoms with Crippen molar-refractivity contribution < 1.29 is 38.4 Å². The minimum absolute atomic E-state index is 0.0168. The molecule has 0 saturated carbocycles. The second kappa shape index (κ2) is 11.2. The molecule has 1 N–H and O–H groups in total. The van der Waals surface area contributed by atoms with E-state index in [4.69, 9.17) is 23.7 Å². The fourth-order valence-electron chi connectivity index (χ4n) is 5.52. The summed E-state index contributed by atoms with van der Waals surface area (Å²) in [6.45, 7) is 5.56. The van der Waals surface area contributed by atoms with E-state index in [1.54, 1.807) is 24.3 Å². The number of Topliss-reactive ketones (excluding diaryl/α,β-unsaturated/α-hetero) is 1. The van der Waals surface area contributed by atoms with E-state index in [9.17, 15) is 14.7 Å². The number of hydrogen-bond acceptors (Lipinski definition) is 9. The lowest BCUT2D eigenvalue weighted by atomic mass is 9.94. The van der Waals surface area contributed by atoms with E-state index in [1.807, 2.05) is 13.0 Å². The number of carbonyl (C=O) groups is 2. The predicted molar refractivity (Wildman–Crippen MR) is 143 cm³/mol. The van der Waals surface area contributed by atoms with Gasteiger partial charge in [-0.1, -0.05) is 0 Å². The second-order valence-electron chi connectivity index (χ2n) is 9.86. The quantitative estimate of drug-likeness (QED) is 0.308. The summed E-state index contributed by atoms with van der Waals surface area (Å²) in [6, 6.07) is 7.89. The van der Waals surface area contributed by atoms with Crippen LogP contribution in [0.2, 0.25) is 0 Å². The van der Waals surface area contributed by atoms with Gasteiger partial charge in [0.1, 0.15) is 17.6 Å². The lowest BCUT2D eigenvalue weighted by Crippen LogP contribution is -2.42. The van der Waals surface area contributed by atoms with Crippen molar-refractivity contribution in [1.29, 1.82) is 0 Å². The number of ether oxygens (including phenoxy) is 5. The number of methoxy groups -OCH3 is 3. The molecule has 10 heteroatoms. The van der Waals surface area contributed by atoms with E-state index in [0.717, 1.165) is 24.4 Å². The lowest BCUT2D eigenvalue weighted by molar-refractivity contribution is -0.140. The largest absolute Gasteiger partial charge is 0.507 e. The maximum absolute atomic E-state index is 13.5. The Bertz CT molecular complexity index is 1280. The summed E-state index contributed by atoms with van der Waals surface area (Å²) in [7, 11) is 4.51. The van der Waals surface area contributed by atoms with Gasteiger partial charge in [0.25, 0.3) is 11.7 Å². The van der Waals surface area contributed by atoms with Crippen LogP contribution < -0.4 is 18.9 Å². The molecule has 5 rings (SSSR count). The Kier molecular flexibility index (Phi) is 7.67. The van der Waals surface area contributed by atoms with Crippen LogP contribution in [0.4, 0.5) is 0 Å². The van der Waals surface area contributed by atoms with Gasteiger partial charge >= 0.3 is 0 Å². The van der Waals surface area contributed by atoms with Gasteiger partial charge in [-0.15, -0.1) is 0 Å². The monoisotopic (exact) mass is 538 g/mol. The normalized spacial score (nSPS) is 22.5. The zero-order valence-corrected chi connectivity index (χ0v) is 22.7. The van der Waals surface area contributed by atoms with Crippen molar-refractivity contribution in [3.63, 3.8) is 0 Å². The van der Waals surface area contributed by atoms with Gasteiger partial charge in [-0.3, -0.25) is 14.5 Å². The molecule has 0 spiro atoms. The predicted octanol–water partition coefficient (Wildman–Crippen LogP) is 2.79. The molecule has 2 saturated heterocycles. The van der Waals surface area contributed by atoms with E-state index in [-0.39, 0.29) is 24.0 Å². The molecule has 0 unspecified atom stereocenters. The molecular formula is C29H34N2O8. The molecule has 39 heavy (non-hydrogen) atoms. The van der Waals surface area contributed by atoms with Gasteiger partial charge in [-0.2, -0.15) is 0 Å². The fraction of sp³-hybridized carbons (Fsp3) is 0.448. The van der Waals surface area contributed by atoms with Crippen LogP contribution in [0.25, 0.3) is 5.76 Å². The number of fused-ring (bicyclic) bond motifs is 1. The third-order valence-corrected chi connectivity index (χ3v) is 7.47. The highest BCUT2D eigenvalue weighted by Gasteiger charge is 2.46. The first kappa shape index (κ1) is 26.8. The highest BCUT2D eigenvalue weighted by atomic mass is 16.5. The average Bonchev–Trinajstić information content (AvgIpc) is 3.46. The van der Waals surface area contributed by atoms with Crippen molar-refractivity contribution in [2.45, 2.75) is 25.5 Å². The van der Waals surface area contributed by atoms with Crippen molar-refractivity contribution >= 4 is 17.4 Å². The zero-order chi connectivity index (χ0) is 27.7. The van der Waals surface area contributed by atoms with Gasteiger partial charge in [0.05, 0.1) is 46.2 Å². The number of morpholine rings is 1. The number of rotatable bonds is 8. The van der Waals surface area contributed by atoms with E-state index >= 15 is 0 Å². The van der Waals surface area contributed by atoms with Gasteiger partial charge in [0.15, 0.2) is 11.5 Å². The minimum atomic E-state index is -0.858. The smallest absolute Gasteiger partial charge is 0.295 e. The van der Waals surface area contributed by atoms with Crippen LogP contribution in [0.1, 0.15) is 29.7 Å². The first-order valence-corrected chi connectivity index (χ1v) is 13.0. The van der Waals surface area contributed by atoms with Crippen molar-refractivity contribution in [1.82, 2.24) is 9.80 Å². The third kappa shape index (κ3) is 5.02. The molecule has 2 fully saturated rings. The summed E-state index contributed by atoms with van der Waals surface area (Å²) in [5, 5.41) is 11.6. The molecule has 1 amide bonds. The number of carbonyl (C=O) groups excluding carboxylic acids is 2. The molecule has 10 nitrogen and oxygen atoms in total. The number of nitrogens with zero attached hydrogens (tertiary/aromatic N) is 2. The second-order valence-corrected chi connectivity index (χ2v) is 9.86. The van der Waals surface area contributed by atoms with Crippen molar-refractivity contribution in [2.24, 2.45) is 0 Å². The molecule has 2 aromatic carbocycles. The van der Waals surface area contributed by atoms with Crippen molar-refractivity contribution in [3.05, 3.63) is 52.6 Å². The number of aliphatic hydroxyl groups is 1. The van der Waals surface area contributed by atoms with Crippen LogP contribution in [0.5, 0.6) is 23.0 Å². The molecule has 2 aromatic rings. The van der Waals surface area contributed by atoms with Crippen LogP contribution in [0, 0.1) is 0 Å². The Labute approximate surface area is 227 Å². The Morgan fingerprint density at radius 1 is 1.00 bits per heavy atom. The highest BCUT2D eigenvalue weighted by molar-refractivity contribution is 6.46. The molecule has 3 heterocycles. The van der Waals surface area contributed by atoms with Crippen LogP contribution in [-0.2, 0) is 20.7 Å². The SMILES string of the molecule is COc1cc([C@@H]2C(=C(O)c3ccc4c(c3)C[C@@H](C)O4)C(=O)C(=O)N2CCN2CCOCC2)cc(OC)c1OC. The maximum Gasteiger partial charge on any atom is 0.295 e. The van der Waals surface area contributed by atoms with Gasteiger partial charge < -0.3 is 33.7 Å². The van der Waals surface area contributed by atoms with Gasteiger partial charge in [0.2, 0.25) is 5.75 Å². The van der Waals surface area contributed by atoms with Crippen LogP contribution >= 0.6 is 0 Å². The number of likely N-dealkylation sites (tertiary alicyclic amines) is 1. The zero-order valence-electron chi connectivity index (χ0n) is 22.7. The Hall–Kier alpha value is -3.76. The number of ketones is 1. The Morgan fingerprint density at radius 2 is 1.69 bits per heavy atom. The summed E-state index contributed by atoms with van der Waals surface area (Å²) in [5.74, 6) is 0.278. The fourth-order valence-corrected chi connectivity index (χ4v) is 5.52. The third-order valence-electron chi connectivity index (χ3n) is 7.47. The van der Waals surface area contributed by atoms with Crippen LogP contribution in [0.15, 0.2) is 35.9 Å². The molecule has 0 radical (unpaired) electrons. The van der Waals surface area contributed by atoms with Crippen LogP contribution in [0.3, 0.4) is 0 Å². The first-order valence-electron chi connectivity index (χ1n) is 13.0. The van der Waals surface area contributed by atoms with Crippen molar-refractivity contribution in [3.8, 4) is 23.0 Å². The van der Waals surface area contributed by atoms with Crippen molar-refractivity contribution in [2.75, 3.05) is 60.7 Å². The van der Waals surface area contributed by atoms with Gasteiger partial charge in [-0.05, 0) is 48.4 Å². The molecule has 0 bridgehead atoms. The highest BCUT2D eigenvalue weighted by Crippen LogP contribution is 2.46. The number of hydrogen-bond donors (Lipinski definition) is 1. The van der Waals surface area contributed by atoms with Crippen LogP contribution in [-0.4, -0.2) is 93.4 Å². The summed E-state index contributed by atoms with van der Waals surface area (Å²) < 4.78 is 27.8. The average molecular weight is 539 g/mol. The number of benzene rings is 2. The van der Waals surface area contributed by atoms with Gasteiger partial charge in [-0.25, -0.2) is 0 Å². The summed E-state index contributed by atoms with van der Waals surface area (Å²) in [5.41, 5.74) is 1.97. The van der Waals surface area contributed by atoms with E-state index < -0.39 is 17.7 Å². The summed E-state index contributed by atoms with van der Waals surface area (Å²) in [6.07, 6.45) is 0.725. The number of aliphatic hydroxyl groups excluding tert-OH is 1. The topological polar surface area (TPSA) is 107 Å². The Morgan fingerprint density at radius 3 is 2.33 bits per heavy atom. The Balaban J connectivity index is 1.61. The molecule has 0 aromatic heterocycles. The van der Waals surface area contributed by atoms with E-state index in [0.29, 0.717) is 54.6 Å². The summed E-state index contributed by atoms with van der Waals surface area (Å²) >= 11 is 0. The number of amides is 1. The maximum atomic E-state index is 13.5. The first-order chi connectivity index (χ1) is 18.9. The van der Waals surface area contributed by atoms with E-state index in [2.05, 4.69) is 4.90 Å². The lowest BCUT2D eigenvalue weighted by Gasteiger charge is -2.31. The molecule has 2 atom stereocenters. The van der Waals surface area contributed by atoms with Gasteiger partial charge in [0, 0.05) is 38.2 Å². The molecule has 3 aliphatic rings. The standard InChI is InChI=1S/C29H34N2O8/c1-17-13-19-14-18(5-6-21(19)39-17)26(32)24-25(20-15-22(35-2)28(37-4)23(16-20)36-3)31(29(34)27(24)33)8-7-30-9-11-38-12-10-30/h5-6,14-17,25,32H,7-13H2,1-4H3/t17-,25-/m1/s1. The minimum Gasteiger partial charge on any atom is -0.507 e. The summed E-state index contributed by atoms with van der Waals surface area (Å²) in [4.78, 5) is 30.7. The molecular weight excluding hydrogens is 504 g/mol. The molecule has 208 valence electrons.